The molecule has 5 nitrogen and oxygen atoms in total. The number of benzene rings is 1. The minimum atomic E-state index is 0.136. The molecule has 0 saturated carbocycles. The van der Waals surface area contributed by atoms with Gasteiger partial charge in [-0.25, -0.2) is 4.98 Å². The fourth-order valence-corrected chi connectivity index (χ4v) is 3.59. The number of nitrogens with zero attached hydrogens (tertiary/aromatic N) is 3. The highest BCUT2D eigenvalue weighted by Crippen LogP contribution is 2.28. The van der Waals surface area contributed by atoms with E-state index in [2.05, 4.69) is 11.0 Å². The average molecular weight is 325 g/mol. The summed E-state index contributed by atoms with van der Waals surface area (Å²) < 4.78 is 5.25. The van der Waals surface area contributed by atoms with Gasteiger partial charge in [-0.15, -0.1) is 0 Å². The number of carbonyl (C=O) groups excluding carboxylic acids is 1. The number of pyridine rings is 1. The van der Waals surface area contributed by atoms with Crippen LogP contribution in [0, 0.1) is 5.92 Å². The van der Waals surface area contributed by atoms with Gasteiger partial charge in [-0.3, -0.25) is 4.79 Å². The first kappa shape index (κ1) is 15.2. The van der Waals surface area contributed by atoms with E-state index in [9.17, 15) is 4.79 Å². The molecule has 2 aliphatic rings. The van der Waals surface area contributed by atoms with Crippen LogP contribution in [0.3, 0.4) is 0 Å². The molecule has 126 valence electrons. The minimum absolute atomic E-state index is 0.136. The van der Waals surface area contributed by atoms with Crippen LogP contribution in [0.5, 0.6) is 5.75 Å². The van der Waals surface area contributed by atoms with Gasteiger partial charge in [0.1, 0.15) is 11.6 Å². The number of carbonyl (C=O) groups is 1. The molecule has 2 aromatic rings. The van der Waals surface area contributed by atoms with Crippen LogP contribution in [0.25, 0.3) is 10.9 Å². The molecule has 1 aromatic carbocycles. The number of piperidine rings is 1. The highest BCUT2D eigenvalue weighted by atomic mass is 16.5. The fraction of sp³-hybridized carbons (Fsp3) is 0.474. The highest BCUT2D eigenvalue weighted by Gasteiger charge is 2.36. The molecule has 2 fully saturated rings. The van der Waals surface area contributed by atoms with Crippen molar-refractivity contribution in [2.75, 3.05) is 38.2 Å². The second-order valence-electron chi connectivity index (χ2n) is 6.72. The van der Waals surface area contributed by atoms with Crippen LogP contribution in [-0.2, 0) is 4.79 Å². The van der Waals surface area contributed by atoms with Gasteiger partial charge >= 0.3 is 0 Å². The molecule has 1 amide bonds. The Balaban J connectivity index is 1.42. The predicted molar refractivity (Wildman–Crippen MR) is 94.4 cm³/mol. The standard InChI is InChI=1S/C19H23N3O2/c1-24-16-6-7-17-14(11-16)5-8-18(20-17)22-12-15(13-22)19(23)21-9-3-2-4-10-21/h5-8,11,15H,2-4,9-10,12-13H2,1H3. The first-order valence-electron chi connectivity index (χ1n) is 8.73. The number of likely N-dealkylation sites (tertiary alicyclic amines) is 1. The van der Waals surface area contributed by atoms with E-state index in [0.29, 0.717) is 5.91 Å². The van der Waals surface area contributed by atoms with E-state index in [1.165, 1.54) is 6.42 Å². The molecule has 0 unspecified atom stereocenters. The third-order valence-corrected chi connectivity index (χ3v) is 5.10. The third kappa shape index (κ3) is 2.79. The van der Waals surface area contributed by atoms with Gasteiger partial charge in [-0.1, -0.05) is 0 Å². The van der Waals surface area contributed by atoms with Crippen molar-refractivity contribution in [2.45, 2.75) is 19.3 Å². The second-order valence-corrected chi connectivity index (χ2v) is 6.72. The number of methoxy groups -OCH3 is 1. The Morgan fingerprint density at radius 2 is 1.92 bits per heavy atom. The Hall–Kier alpha value is -2.30. The molecule has 2 saturated heterocycles. The lowest BCUT2D eigenvalue weighted by atomic mass is 9.97. The molecule has 0 radical (unpaired) electrons. The number of aromatic nitrogens is 1. The predicted octanol–water partition coefficient (Wildman–Crippen LogP) is 2.69. The molecule has 2 aliphatic heterocycles. The summed E-state index contributed by atoms with van der Waals surface area (Å²) in [5.74, 6) is 2.26. The first-order chi connectivity index (χ1) is 11.7. The number of amides is 1. The van der Waals surface area contributed by atoms with Gasteiger partial charge in [0.05, 0.1) is 18.5 Å². The maximum atomic E-state index is 12.5. The van der Waals surface area contributed by atoms with Crippen molar-refractivity contribution in [3.63, 3.8) is 0 Å². The molecule has 5 heteroatoms. The SMILES string of the molecule is COc1ccc2nc(N3CC(C(=O)N4CCCCC4)C3)ccc2c1. The fourth-order valence-electron chi connectivity index (χ4n) is 3.59. The number of hydrogen-bond acceptors (Lipinski definition) is 4. The van der Waals surface area contributed by atoms with Gasteiger partial charge in [-0.2, -0.15) is 0 Å². The second kappa shape index (κ2) is 6.30. The summed E-state index contributed by atoms with van der Waals surface area (Å²) in [5.41, 5.74) is 0.958. The van der Waals surface area contributed by atoms with Crippen LogP contribution in [0.1, 0.15) is 19.3 Å². The zero-order valence-electron chi connectivity index (χ0n) is 14.1. The van der Waals surface area contributed by atoms with E-state index in [-0.39, 0.29) is 5.92 Å². The monoisotopic (exact) mass is 325 g/mol. The molecule has 0 bridgehead atoms. The largest absolute Gasteiger partial charge is 0.497 e. The summed E-state index contributed by atoms with van der Waals surface area (Å²) in [5, 5.41) is 1.07. The highest BCUT2D eigenvalue weighted by molar-refractivity contribution is 5.84. The lowest BCUT2D eigenvalue weighted by Gasteiger charge is -2.42. The van der Waals surface area contributed by atoms with E-state index >= 15 is 0 Å². The normalized spacial score (nSPS) is 18.5. The van der Waals surface area contributed by atoms with Crippen LogP contribution in [0.2, 0.25) is 0 Å². The van der Waals surface area contributed by atoms with E-state index in [1.54, 1.807) is 7.11 Å². The summed E-state index contributed by atoms with van der Waals surface area (Å²) in [6.07, 6.45) is 3.56. The van der Waals surface area contributed by atoms with Crippen molar-refractivity contribution < 1.29 is 9.53 Å². The zero-order valence-corrected chi connectivity index (χ0v) is 14.1. The van der Waals surface area contributed by atoms with Crippen molar-refractivity contribution in [2.24, 2.45) is 5.92 Å². The molecule has 24 heavy (non-hydrogen) atoms. The number of fused-ring (bicyclic) bond motifs is 1. The van der Waals surface area contributed by atoms with Gasteiger partial charge in [0, 0.05) is 31.6 Å². The smallest absolute Gasteiger partial charge is 0.229 e. The summed E-state index contributed by atoms with van der Waals surface area (Å²) in [6.45, 7) is 3.44. The van der Waals surface area contributed by atoms with E-state index in [0.717, 1.165) is 61.5 Å². The summed E-state index contributed by atoms with van der Waals surface area (Å²) in [7, 11) is 1.67. The average Bonchev–Trinajstić information content (AvgIpc) is 2.60. The lowest BCUT2D eigenvalue weighted by molar-refractivity contribution is -0.137. The molecule has 0 aliphatic carbocycles. The van der Waals surface area contributed by atoms with E-state index < -0.39 is 0 Å². The van der Waals surface area contributed by atoms with Gasteiger partial charge in [0.15, 0.2) is 0 Å². The van der Waals surface area contributed by atoms with Gasteiger partial charge < -0.3 is 14.5 Å². The maximum absolute atomic E-state index is 12.5. The number of anilines is 1. The van der Waals surface area contributed by atoms with Crippen LogP contribution < -0.4 is 9.64 Å². The van der Waals surface area contributed by atoms with Crippen LogP contribution in [0.4, 0.5) is 5.82 Å². The molecule has 0 atom stereocenters. The third-order valence-electron chi connectivity index (χ3n) is 5.10. The van der Waals surface area contributed by atoms with Crippen LogP contribution >= 0.6 is 0 Å². The number of rotatable bonds is 3. The molecule has 1 aromatic heterocycles. The van der Waals surface area contributed by atoms with Crippen molar-refractivity contribution in [1.82, 2.24) is 9.88 Å². The van der Waals surface area contributed by atoms with E-state index in [1.807, 2.05) is 29.2 Å². The Bertz CT molecular complexity index is 749. The topological polar surface area (TPSA) is 45.7 Å². The molecule has 0 spiro atoms. The van der Waals surface area contributed by atoms with Crippen LogP contribution in [0.15, 0.2) is 30.3 Å². The van der Waals surface area contributed by atoms with E-state index in [4.69, 9.17) is 9.72 Å². The summed E-state index contributed by atoms with van der Waals surface area (Å²) in [6, 6.07) is 10.00. The molecule has 0 N–H and O–H groups in total. The van der Waals surface area contributed by atoms with Gasteiger partial charge in [0.2, 0.25) is 5.91 Å². The van der Waals surface area contributed by atoms with Crippen LogP contribution in [-0.4, -0.2) is 49.1 Å². The zero-order chi connectivity index (χ0) is 16.5. The molecular weight excluding hydrogens is 302 g/mol. The molecular formula is C19H23N3O2. The molecule has 3 heterocycles. The van der Waals surface area contributed by atoms with Crippen molar-refractivity contribution >= 4 is 22.6 Å². The van der Waals surface area contributed by atoms with Crippen molar-refractivity contribution in [3.05, 3.63) is 30.3 Å². The lowest BCUT2D eigenvalue weighted by Crippen LogP contribution is -2.55. The first-order valence-corrected chi connectivity index (χ1v) is 8.73. The Kier molecular flexibility index (Phi) is 4.00. The molecule has 4 rings (SSSR count). The summed E-state index contributed by atoms with van der Waals surface area (Å²) >= 11 is 0. The van der Waals surface area contributed by atoms with Gasteiger partial charge in [-0.05, 0) is 49.6 Å². The number of hydrogen-bond donors (Lipinski definition) is 0. The Labute approximate surface area is 142 Å². The van der Waals surface area contributed by atoms with Crippen molar-refractivity contribution in [3.8, 4) is 5.75 Å². The minimum Gasteiger partial charge on any atom is -0.497 e. The van der Waals surface area contributed by atoms with Crippen molar-refractivity contribution in [1.29, 1.82) is 0 Å². The maximum Gasteiger partial charge on any atom is 0.229 e. The summed E-state index contributed by atoms with van der Waals surface area (Å²) in [4.78, 5) is 21.5. The Morgan fingerprint density at radius 1 is 1.12 bits per heavy atom. The Morgan fingerprint density at radius 3 is 2.67 bits per heavy atom. The quantitative estimate of drug-likeness (QED) is 0.870. The van der Waals surface area contributed by atoms with Gasteiger partial charge in [0.25, 0.3) is 0 Å². The number of ether oxygens (including phenoxy) is 1.